The minimum Gasteiger partial charge on any atom is -0.465 e. The Kier molecular flexibility index (Phi) is 4.07. The minimum atomic E-state index is -0.681. The second-order valence-electron chi connectivity index (χ2n) is 4.54. The number of hydrogen-bond acceptors (Lipinski definition) is 5. The second kappa shape index (κ2) is 5.78. The number of rotatable bonds is 3. The van der Waals surface area contributed by atoms with Gasteiger partial charge in [-0.15, -0.1) is 0 Å². The first-order valence-electron chi connectivity index (χ1n) is 6.32. The SMILES string of the molecule is COC(=O)c1cn(-c2cccc(C)c2C)nc1C(=O)OC. The summed E-state index contributed by atoms with van der Waals surface area (Å²) < 4.78 is 10.8. The van der Waals surface area contributed by atoms with Crippen molar-refractivity contribution in [3.8, 4) is 5.69 Å². The molecule has 6 nitrogen and oxygen atoms in total. The van der Waals surface area contributed by atoms with Crippen LogP contribution in [0.3, 0.4) is 0 Å². The molecule has 0 aliphatic heterocycles. The molecule has 2 aromatic rings. The molecular weight excluding hydrogens is 272 g/mol. The Balaban J connectivity index is 2.61. The van der Waals surface area contributed by atoms with Crippen LogP contribution in [0.4, 0.5) is 0 Å². The lowest BCUT2D eigenvalue weighted by Gasteiger charge is -2.07. The van der Waals surface area contributed by atoms with E-state index >= 15 is 0 Å². The van der Waals surface area contributed by atoms with E-state index in [0.717, 1.165) is 16.8 Å². The average Bonchev–Trinajstić information content (AvgIpc) is 2.93. The molecule has 0 saturated carbocycles. The van der Waals surface area contributed by atoms with Gasteiger partial charge in [-0.3, -0.25) is 0 Å². The third kappa shape index (κ3) is 2.65. The van der Waals surface area contributed by atoms with Crippen LogP contribution < -0.4 is 0 Å². The smallest absolute Gasteiger partial charge is 0.359 e. The van der Waals surface area contributed by atoms with Crippen LogP contribution in [-0.4, -0.2) is 35.9 Å². The quantitative estimate of drug-likeness (QED) is 0.808. The molecule has 1 aromatic heterocycles. The molecule has 0 aliphatic rings. The maximum Gasteiger partial charge on any atom is 0.359 e. The van der Waals surface area contributed by atoms with Gasteiger partial charge < -0.3 is 9.47 Å². The number of ether oxygens (including phenoxy) is 2. The summed E-state index contributed by atoms with van der Waals surface area (Å²) in [7, 11) is 2.49. The molecule has 2 rings (SSSR count). The van der Waals surface area contributed by atoms with Crippen molar-refractivity contribution in [3.63, 3.8) is 0 Å². The fourth-order valence-corrected chi connectivity index (χ4v) is 1.99. The topological polar surface area (TPSA) is 70.4 Å². The van der Waals surface area contributed by atoms with Crippen molar-refractivity contribution in [2.75, 3.05) is 14.2 Å². The fraction of sp³-hybridized carbons (Fsp3) is 0.267. The van der Waals surface area contributed by atoms with Crippen molar-refractivity contribution >= 4 is 11.9 Å². The van der Waals surface area contributed by atoms with E-state index in [0.29, 0.717) is 0 Å². The van der Waals surface area contributed by atoms with Crippen molar-refractivity contribution in [1.82, 2.24) is 9.78 Å². The standard InChI is InChI=1S/C15H16N2O4/c1-9-6-5-7-12(10(9)2)17-8-11(14(18)20-3)13(16-17)15(19)21-4/h5-8H,1-4H3. The molecule has 0 fully saturated rings. The lowest BCUT2D eigenvalue weighted by molar-refractivity contribution is 0.0552. The zero-order chi connectivity index (χ0) is 15.6. The van der Waals surface area contributed by atoms with Gasteiger partial charge in [0.1, 0.15) is 5.56 Å². The molecule has 0 atom stereocenters. The molecule has 0 amide bonds. The lowest BCUT2D eigenvalue weighted by atomic mass is 10.1. The van der Waals surface area contributed by atoms with E-state index in [9.17, 15) is 9.59 Å². The van der Waals surface area contributed by atoms with E-state index in [1.807, 2.05) is 32.0 Å². The predicted molar refractivity (Wildman–Crippen MR) is 75.7 cm³/mol. The molecule has 110 valence electrons. The zero-order valence-electron chi connectivity index (χ0n) is 12.3. The third-order valence-electron chi connectivity index (χ3n) is 3.32. The van der Waals surface area contributed by atoms with Crippen molar-refractivity contribution in [1.29, 1.82) is 0 Å². The molecule has 0 radical (unpaired) electrons. The molecule has 0 bridgehead atoms. The number of methoxy groups -OCH3 is 2. The Hall–Kier alpha value is -2.63. The van der Waals surface area contributed by atoms with Crippen LogP contribution in [-0.2, 0) is 9.47 Å². The summed E-state index contributed by atoms with van der Waals surface area (Å²) in [5, 5.41) is 4.16. The number of hydrogen-bond donors (Lipinski definition) is 0. The van der Waals surface area contributed by atoms with Crippen molar-refractivity contribution < 1.29 is 19.1 Å². The fourth-order valence-electron chi connectivity index (χ4n) is 1.99. The lowest BCUT2D eigenvalue weighted by Crippen LogP contribution is -2.10. The van der Waals surface area contributed by atoms with Crippen molar-refractivity contribution in [2.45, 2.75) is 13.8 Å². The van der Waals surface area contributed by atoms with Gasteiger partial charge in [-0.1, -0.05) is 12.1 Å². The van der Waals surface area contributed by atoms with Gasteiger partial charge in [0.2, 0.25) is 0 Å². The largest absolute Gasteiger partial charge is 0.465 e. The Morgan fingerprint density at radius 2 is 1.76 bits per heavy atom. The molecule has 0 unspecified atom stereocenters. The molecular formula is C15H16N2O4. The number of esters is 2. The normalized spacial score (nSPS) is 10.3. The summed E-state index contributed by atoms with van der Waals surface area (Å²) >= 11 is 0. The summed E-state index contributed by atoms with van der Waals surface area (Å²) in [5.74, 6) is -1.31. The number of carbonyl (C=O) groups is 2. The average molecular weight is 288 g/mol. The number of aryl methyl sites for hydroxylation is 1. The molecule has 0 saturated heterocycles. The molecule has 0 aliphatic carbocycles. The van der Waals surface area contributed by atoms with Crippen molar-refractivity contribution in [3.05, 3.63) is 46.8 Å². The minimum absolute atomic E-state index is 0.0646. The first-order chi connectivity index (χ1) is 9.99. The maximum atomic E-state index is 11.8. The molecule has 6 heteroatoms. The second-order valence-corrected chi connectivity index (χ2v) is 4.54. The van der Waals surface area contributed by atoms with E-state index in [1.165, 1.54) is 25.1 Å². The van der Waals surface area contributed by atoms with Gasteiger partial charge in [0.05, 0.1) is 19.9 Å². The highest BCUT2D eigenvalue weighted by molar-refractivity contribution is 6.01. The molecule has 1 aromatic carbocycles. The van der Waals surface area contributed by atoms with Crippen LogP contribution in [0.1, 0.15) is 32.0 Å². The summed E-state index contributed by atoms with van der Waals surface area (Å²) in [5.41, 5.74) is 2.89. The first-order valence-corrected chi connectivity index (χ1v) is 6.32. The van der Waals surface area contributed by atoms with Crippen molar-refractivity contribution in [2.24, 2.45) is 0 Å². The zero-order valence-corrected chi connectivity index (χ0v) is 12.3. The molecule has 0 N–H and O–H groups in total. The van der Waals surface area contributed by atoms with Gasteiger partial charge in [-0.05, 0) is 31.0 Å². The monoisotopic (exact) mass is 288 g/mol. The molecule has 21 heavy (non-hydrogen) atoms. The molecule has 0 spiro atoms. The first kappa shape index (κ1) is 14.8. The van der Waals surface area contributed by atoms with Crippen LogP contribution in [0, 0.1) is 13.8 Å². The van der Waals surface area contributed by atoms with E-state index in [4.69, 9.17) is 0 Å². The van der Waals surface area contributed by atoms with Crippen LogP contribution >= 0.6 is 0 Å². The van der Waals surface area contributed by atoms with Crippen LogP contribution in [0.25, 0.3) is 5.69 Å². The maximum absolute atomic E-state index is 11.8. The Bertz CT molecular complexity index is 670. The highest BCUT2D eigenvalue weighted by atomic mass is 16.5. The third-order valence-corrected chi connectivity index (χ3v) is 3.32. The van der Waals surface area contributed by atoms with Gasteiger partial charge in [0, 0.05) is 6.20 Å². The van der Waals surface area contributed by atoms with Gasteiger partial charge in [-0.25, -0.2) is 14.3 Å². The number of benzene rings is 1. The highest BCUT2D eigenvalue weighted by Crippen LogP contribution is 2.19. The van der Waals surface area contributed by atoms with Gasteiger partial charge >= 0.3 is 11.9 Å². The molecule has 1 heterocycles. The van der Waals surface area contributed by atoms with E-state index in [-0.39, 0.29) is 11.3 Å². The van der Waals surface area contributed by atoms with E-state index in [2.05, 4.69) is 14.6 Å². The predicted octanol–water partition coefficient (Wildman–Crippen LogP) is 2.06. The van der Waals surface area contributed by atoms with Crippen LogP contribution in [0.15, 0.2) is 24.4 Å². The summed E-state index contributed by atoms with van der Waals surface area (Å²) in [4.78, 5) is 23.5. The highest BCUT2D eigenvalue weighted by Gasteiger charge is 2.24. The van der Waals surface area contributed by atoms with Gasteiger partial charge in [0.25, 0.3) is 0 Å². The van der Waals surface area contributed by atoms with Crippen LogP contribution in [0.5, 0.6) is 0 Å². The number of aromatic nitrogens is 2. The van der Waals surface area contributed by atoms with E-state index in [1.54, 1.807) is 0 Å². The van der Waals surface area contributed by atoms with Gasteiger partial charge in [0.15, 0.2) is 5.69 Å². The Morgan fingerprint density at radius 3 is 2.38 bits per heavy atom. The number of carbonyl (C=O) groups excluding carboxylic acids is 2. The van der Waals surface area contributed by atoms with E-state index < -0.39 is 11.9 Å². The summed E-state index contributed by atoms with van der Waals surface area (Å²) in [6, 6.07) is 5.72. The van der Waals surface area contributed by atoms with Crippen LogP contribution in [0.2, 0.25) is 0 Å². The number of nitrogens with zero attached hydrogens (tertiary/aromatic N) is 2. The van der Waals surface area contributed by atoms with Gasteiger partial charge in [-0.2, -0.15) is 5.10 Å². The summed E-state index contributed by atoms with van der Waals surface area (Å²) in [6.45, 7) is 3.92. The summed E-state index contributed by atoms with van der Waals surface area (Å²) in [6.07, 6.45) is 1.47. The Labute approximate surface area is 122 Å². The Morgan fingerprint density at radius 1 is 1.10 bits per heavy atom.